The predicted octanol–water partition coefficient (Wildman–Crippen LogP) is 3.44. The van der Waals surface area contributed by atoms with E-state index in [9.17, 15) is 18.8 Å². The molecule has 0 aromatic heterocycles. The molecule has 0 saturated carbocycles. The number of halogens is 2. The fourth-order valence-electron chi connectivity index (χ4n) is 3.84. The molecule has 1 saturated heterocycles. The monoisotopic (exact) mass is 412 g/mol. The average Bonchev–Trinajstić information content (AvgIpc) is 3.21. The molecule has 0 radical (unpaired) electrons. The molecule has 2 aliphatic rings. The number of hydrogen-bond donors (Lipinski definition) is 1. The highest BCUT2D eigenvalue weighted by Gasteiger charge is 2.40. The zero-order valence-corrected chi connectivity index (χ0v) is 16.2. The van der Waals surface area contributed by atoms with Crippen LogP contribution in [0.25, 0.3) is 0 Å². The van der Waals surface area contributed by atoms with Crippen LogP contribution >= 0.6 is 11.6 Å². The van der Waals surface area contributed by atoms with Crippen molar-refractivity contribution in [3.8, 4) is 0 Å². The molecule has 1 aliphatic heterocycles. The minimum atomic E-state index is -0.646. The Morgan fingerprint density at radius 2 is 1.72 bits per heavy atom. The van der Waals surface area contributed by atoms with Crippen molar-refractivity contribution in [2.45, 2.75) is 25.4 Å². The van der Waals surface area contributed by atoms with E-state index in [0.717, 1.165) is 0 Å². The standard InChI is InChI=1S/C22H18ClFN2O3/c23-18-19(21(28)15-8-3-2-7-14(15)20(18)27)26-11-5-10-17(26)22(29)25-12-13-6-1-4-9-16(13)24/h1-4,6-9,17H,5,10-12H2,(H,25,29). The van der Waals surface area contributed by atoms with Gasteiger partial charge in [-0.25, -0.2) is 4.39 Å². The van der Waals surface area contributed by atoms with Gasteiger partial charge in [-0.3, -0.25) is 14.4 Å². The van der Waals surface area contributed by atoms with Gasteiger partial charge in [0.25, 0.3) is 0 Å². The third-order valence-electron chi connectivity index (χ3n) is 5.29. The van der Waals surface area contributed by atoms with Crippen LogP contribution in [0.5, 0.6) is 0 Å². The molecule has 0 spiro atoms. The van der Waals surface area contributed by atoms with Gasteiger partial charge in [-0.1, -0.05) is 54.1 Å². The van der Waals surface area contributed by atoms with E-state index < -0.39 is 17.6 Å². The first-order chi connectivity index (χ1) is 14.0. The summed E-state index contributed by atoms with van der Waals surface area (Å²) >= 11 is 6.29. The summed E-state index contributed by atoms with van der Waals surface area (Å²) in [7, 11) is 0. The maximum atomic E-state index is 13.8. The molecule has 2 aromatic carbocycles. The quantitative estimate of drug-likeness (QED) is 0.835. The lowest BCUT2D eigenvalue weighted by atomic mass is 9.91. The first-order valence-corrected chi connectivity index (χ1v) is 9.73. The molecule has 1 unspecified atom stereocenters. The maximum absolute atomic E-state index is 13.8. The number of amides is 1. The number of allylic oxidation sites excluding steroid dienone is 2. The van der Waals surface area contributed by atoms with Crippen LogP contribution in [0.1, 0.15) is 39.1 Å². The average molecular weight is 413 g/mol. The molecular weight excluding hydrogens is 395 g/mol. The van der Waals surface area contributed by atoms with Gasteiger partial charge in [0.2, 0.25) is 17.5 Å². The van der Waals surface area contributed by atoms with E-state index in [0.29, 0.717) is 24.9 Å². The molecule has 0 bridgehead atoms. The van der Waals surface area contributed by atoms with Gasteiger partial charge in [0.1, 0.15) is 22.6 Å². The van der Waals surface area contributed by atoms with E-state index >= 15 is 0 Å². The fraction of sp³-hybridized carbons (Fsp3) is 0.227. The lowest BCUT2D eigenvalue weighted by Crippen LogP contribution is -2.45. The topological polar surface area (TPSA) is 66.5 Å². The number of benzene rings is 2. The van der Waals surface area contributed by atoms with Gasteiger partial charge in [-0.2, -0.15) is 0 Å². The number of likely N-dealkylation sites (tertiary alicyclic amines) is 1. The van der Waals surface area contributed by atoms with Crippen molar-refractivity contribution < 1.29 is 18.8 Å². The van der Waals surface area contributed by atoms with Crippen molar-refractivity contribution in [2.24, 2.45) is 0 Å². The van der Waals surface area contributed by atoms with E-state index in [-0.39, 0.29) is 40.1 Å². The van der Waals surface area contributed by atoms with E-state index in [4.69, 9.17) is 11.6 Å². The van der Waals surface area contributed by atoms with E-state index in [1.165, 1.54) is 6.07 Å². The summed E-state index contributed by atoms with van der Waals surface area (Å²) in [6.45, 7) is 0.475. The minimum absolute atomic E-state index is 0.0400. The summed E-state index contributed by atoms with van der Waals surface area (Å²) in [5.74, 6) is -1.51. The van der Waals surface area contributed by atoms with Crippen molar-refractivity contribution in [1.29, 1.82) is 0 Å². The molecular formula is C22H18ClFN2O3. The first-order valence-electron chi connectivity index (χ1n) is 9.35. The second kappa shape index (κ2) is 7.79. The third-order valence-corrected chi connectivity index (χ3v) is 5.64. The predicted molar refractivity (Wildman–Crippen MR) is 106 cm³/mol. The largest absolute Gasteiger partial charge is 0.355 e. The molecule has 1 amide bonds. The summed E-state index contributed by atoms with van der Waals surface area (Å²) in [6.07, 6.45) is 1.19. The smallest absolute Gasteiger partial charge is 0.242 e. The summed E-state index contributed by atoms with van der Waals surface area (Å²) in [6, 6.07) is 12.1. The number of Topliss-reactive ketones (excluding diaryl/α,β-unsaturated/α-hetero) is 2. The Morgan fingerprint density at radius 3 is 2.45 bits per heavy atom. The zero-order valence-electron chi connectivity index (χ0n) is 15.5. The molecule has 29 heavy (non-hydrogen) atoms. The van der Waals surface area contributed by atoms with Crippen LogP contribution in [0.15, 0.2) is 59.3 Å². The van der Waals surface area contributed by atoms with Crippen LogP contribution in [-0.2, 0) is 11.3 Å². The Morgan fingerprint density at radius 1 is 1.07 bits per heavy atom. The Bertz CT molecular complexity index is 1050. The number of nitrogens with one attached hydrogen (secondary N) is 1. The highest BCUT2D eigenvalue weighted by molar-refractivity contribution is 6.49. The Labute approximate surface area is 172 Å². The molecule has 1 aliphatic carbocycles. The van der Waals surface area contributed by atoms with Crippen LogP contribution in [-0.4, -0.2) is 35.0 Å². The molecule has 1 fully saturated rings. The van der Waals surface area contributed by atoms with E-state index in [2.05, 4.69) is 5.32 Å². The van der Waals surface area contributed by atoms with Crippen molar-refractivity contribution >= 4 is 29.1 Å². The summed E-state index contributed by atoms with van der Waals surface area (Å²) in [5.41, 5.74) is 1.000. The number of nitrogens with zero attached hydrogens (tertiary/aromatic N) is 1. The van der Waals surface area contributed by atoms with Gasteiger partial charge < -0.3 is 10.2 Å². The summed E-state index contributed by atoms with van der Waals surface area (Å²) in [5, 5.41) is 2.56. The highest BCUT2D eigenvalue weighted by atomic mass is 35.5. The molecule has 7 heteroatoms. The number of ketones is 2. The van der Waals surface area contributed by atoms with Crippen molar-refractivity contribution in [3.63, 3.8) is 0 Å². The Kier molecular flexibility index (Phi) is 5.20. The molecule has 1 atom stereocenters. The summed E-state index contributed by atoms with van der Waals surface area (Å²) < 4.78 is 13.8. The zero-order chi connectivity index (χ0) is 20.5. The second-order valence-electron chi connectivity index (χ2n) is 7.03. The SMILES string of the molecule is O=C1C(Cl)=C(N2CCCC2C(=O)NCc2ccccc2F)C(=O)c2ccccc21. The Hall–Kier alpha value is -2.99. The lowest BCUT2D eigenvalue weighted by Gasteiger charge is -2.30. The maximum Gasteiger partial charge on any atom is 0.242 e. The molecule has 1 N–H and O–H groups in total. The number of carbonyl (C=O) groups excluding carboxylic acids is 3. The Balaban J connectivity index is 1.57. The van der Waals surface area contributed by atoms with Crippen LogP contribution in [0.2, 0.25) is 0 Å². The van der Waals surface area contributed by atoms with Gasteiger partial charge >= 0.3 is 0 Å². The number of hydrogen-bond acceptors (Lipinski definition) is 4. The molecule has 4 rings (SSSR count). The first kappa shape index (κ1) is 19.3. The number of carbonyl (C=O) groups is 3. The number of fused-ring (bicyclic) bond motifs is 1. The molecule has 148 valence electrons. The van der Waals surface area contributed by atoms with Gasteiger partial charge in [0.15, 0.2) is 0 Å². The van der Waals surface area contributed by atoms with Gasteiger partial charge in [0.05, 0.1) is 0 Å². The number of rotatable bonds is 4. The minimum Gasteiger partial charge on any atom is -0.355 e. The van der Waals surface area contributed by atoms with Crippen molar-refractivity contribution in [2.75, 3.05) is 6.54 Å². The van der Waals surface area contributed by atoms with Crippen molar-refractivity contribution in [1.82, 2.24) is 10.2 Å². The van der Waals surface area contributed by atoms with E-state index in [1.807, 2.05) is 0 Å². The second-order valence-corrected chi connectivity index (χ2v) is 7.41. The lowest BCUT2D eigenvalue weighted by molar-refractivity contribution is -0.125. The van der Waals surface area contributed by atoms with Gasteiger partial charge in [-0.15, -0.1) is 0 Å². The molecule has 5 nitrogen and oxygen atoms in total. The van der Waals surface area contributed by atoms with Crippen LogP contribution in [0.3, 0.4) is 0 Å². The normalized spacial score (nSPS) is 18.8. The van der Waals surface area contributed by atoms with Crippen LogP contribution in [0, 0.1) is 5.82 Å². The third kappa shape index (κ3) is 3.44. The highest BCUT2D eigenvalue weighted by Crippen LogP contribution is 2.34. The van der Waals surface area contributed by atoms with E-state index in [1.54, 1.807) is 47.4 Å². The van der Waals surface area contributed by atoms with Crippen molar-refractivity contribution in [3.05, 3.63) is 81.8 Å². The molecule has 1 heterocycles. The van der Waals surface area contributed by atoms with Gasteiger partial charge in [0, 0.05) is 29.8 Å². The fourth-order valence-corrected chi connectivity index (χ4v) is 4.13. The van der Waals surface area contributed by atoms with Crippen LogP contribution in [0.4, 0.5) is 4.39 Å². The molecule has 2 aromatic rings. The van der Waals surface area contributed by atoms with Gasteiger partial charge in [-0.05, 0) is 18.9 Å². The summed E-state index contributed by atoms with van der Waals surface area (Å²) in [4.78, 5) is 40.1. The van der Waals surface area contributed by atoms with Crippen LogP contribution < -0.4 is 5.32 Å².